The zero-order chi connectivity index (χ0) is 10.1. The highest BCUT2D eigenvalue weighted by Gasteiger charge is 2.16. The number of rotatable bonds is 1. The van der Waals surface area contributed by atoms with Crippen molar-refractivity contribution in [1.29, 1.82) is 0 Å². The smallest absolute Gasteiger partial charge is 0.338 e. The highest BCUT2D eigenvalue weighted by atomic mass is 19.1. The van der Waals surface area contributed by atoms with Crippen LogP contribution in [0.2, 0.25) is 0 Å². The van der Waals surface area contributed by atoms with Gasteiger partial charge in [0.25, 0.3) is 0 Å². The van der Waals surface area contributed by atoms with Gasteiger partial charge in [0.05, 0.1) is 5.56 Å². The first-order valence-corrected chi connectivity index (χ1v) is 4.44. The van der Waals surface area contributed by atoms with E-state index in [1.54, 1.807) is 0 Å². The van der Waals surface area contributed by atoms with Gasteiger partial charge in [-0.25, -0.2) is 9.18 Å². The Kier molecular flexibility index (Phi) is 2.21. The molecule has 0 spiro atoms. The number of benzene rings is 1. The first-order chi connectivity index (χ1) is 6.68. The molecule has 0 radical (unpaired) electrons. The Morgan fingerprint density at radius 2 is 2.21 bits per heavy atom. The number of nitrogens with one attached hydrogen (secondary N) is 1. The van der Waals surface area contributed by atoms with Gasteiger partial charge in [0.1, 0.15) is 5.82 Å². The topological polar surface area (TPSA) is 49.3 Å². The standard InChI is InChI=1S/C10H10FNO2/c11-9-4-7-5-12-2-1-6(7)3-8(9)10(13)14/h3-4,12H,1-2,5H2,(H,13,14). The van der Waals surface area contributed by atoms with Crippen LogP contribution in [0.3, 0.4) is 0 Å². The molecule has 0 fully saturated rings. The van der Waals surface area contributed by atoms with Crippen molar-refractivity contribution in [2.45, 2.75) is 13.0 Å². The Morgan fingerprint density at radius 3 is 2.93 bits per heavy atom. The fourth-order valence-corrected chi connectivity index (χ4v) is 1.67. The molecule has 0 saturated carbocycles. The third kappa shape index (κ3) is 1.48. The lowest BCUT2D eigenvalue weighted by atomic mass is 9.98. The lowest BCUT2D eigenvalue weighted by Crippen LogP contribution is -2.24. The molecule has 14 heavy (non-hydrogen) atoms. The molecular formula is C10H10FNO2. The molecule has 2 rings (SSSR count). The van der Waals surface area contributed by atoms with Crippen LogP contribution in [0.4, 0.5) is 4.39 Å². The van der Waals surface area contributed by atoms with Crippen molar-refractivity contribution in [3.63, 3.8) is 0 Å². The summed E-state index contributed by atoms with van der Waals surface area (Å²) in [6.07, 6.45) is 0.760. The quantitative estimate of drug-likeness (QED) is 0.707. The van der Waals surface area contributed by atoms with Gasteiger partial charge in [-0.3, -0.25) is 0 Å². The Bertz CT molecular complexity index is 390. The van der Waals surface area contributed by atoms with Crippen LogP contribution in [0.1, 0.15) is 21.5 Å². The average molecular weight is 195 g/mol. The van der Waals surface area contributed by atoms with Crippen molar-refractivity contribution in [3.8, 4) is 0 Å². The van der Waals surface area contributed by atoms with Gasteiger partial charge in [-0.1, -0.05) is 0 Å². The van der Waals surface area contributed by atoms with Crippen molar-refractivity contribution in [2.24, 2.45) is 0 Å². The van der Waals surface area contributed by atoms with Crippen molar-refractivity contribution < 1.29 is 14.3 Å². The Balaban J connectivity index is 2.50. The maximum absolute atomic E-state index is 13.2. The van der Waals surface area contributed by atoms with Crippen LogP contribution in [-0.4, -0.2) is 17.6 Å². The molecule has 3 nitrogen and oxygen atoms in total. The van der Waals surface area contributed by atoms with Gasteiger partial charge in [0.2, 0.25) is 0 Å². The minimum absolute atomic E-state index is 0.231. The number of aromatic carboxylic acids is 1. The second-order valence-electron chi connectivity index (χ2n) is 3.33. The van der Waals surface area contributed by atoms with Crippen LogP contribution >= 0.6 is 0 Å². The molecule has 1 aliphatic rings. The van der Waals surface area contributed by atoms with E-state index in [1.807, 2.05) is 0 Å². The molecule has 1 aliphatic heterocycles. The van der Waals surface area contributed by atoms with Gasteiger partial charge in [0, 0.05) is 6.54 Å². The normalized spacial score (nSPS) is 14.9. The third-order valence-corrected chi connectivity index (χ3v) is 2.41. The largest absolute Gasteiger partial charge is 0.478 e. The molecule has 2 N–H and O–H groups in total. The van der Waals surface area contributed by atoms with Crippen LogP contribution in [0.5, 0.6) is 0 Å². The SMILES string of the molecule is O=C(O)c1cc2c(cc1F)CNCC2. The zero-order valence-corrected chi connectivity index (χ0v) is 7.51. The molecule has 1 aromatic carbocycles. The number of fused-ring (bicyclic) bond motifs is 1. The van der Waals surface area contributed by atoms with Crippen molar-refractivity contribution in [2.75, 3.05) is 6.54 Å². The van der Waals surface area contributed by atoms with Crippen molar-refractivity contribution in [1.82, 2.24) is 5.32 Å². The summed E-state index contributed by atoms with van der Waals surface area (Å²) in [6, 6.07) is 2.75. The summed E-state index contributed by atoms with van der Waals surface area (Å²) in [5.41, 5.74) is 1.56. The molecule has 0 amide bonds. The molecule has 4 heteroatoms. The molecular weight excluding hydrogens is 185 g/mol. The van der Waals surface area contributed by atoms with Crippen molar-refractivity contribution in [3.05, 3.63) is 34.6 Å². The number of carbonyl (C=O) groups is 1. The van der Waals surface area contributed by atoms with Crippen LogP contribution in [0.25, 0.3) is 0 Å². The minimum atomic E-state index is -1.20. The molecule has 0 saturated heterocycles. The summed E-state index contributed by atoms with van der Waals surface area (Å²) in [7, 11) is 0. The van der Waals surface area contributed by atoms with Gasteiger partial charge in [-0.05, 0) is 36.2 Å². The zero-order valence-electron chi connectivity index (χ0n) is 7.51. The predicted octanol–water partition coefficient (Wildman–Crippen LogP) is 1.17. The number of hydrogen-bond acceptors (Lipinski definition) is 2. The molecule has 1 aromatic rings. The van der Waals surface area contributed by atoms with Gasteiger partial charge >= 0.3 is 5.97 Å². The second-order valence-corrected chi connectivity index (χ2v) is 3.33. The van der Waals surface area contributed by atoms with Crippen LogP contribution in [-0.2, 0) is 13.0 Å². The number of carboxylic acids is 1. The number of hydrogen-bond donors (Lipinski definition) is 2. The monoisotopic (exact) mass is 195 g/mol. The minimum Gasteiger partial charge on any atom is -0.478 e. The first kappa shape index (κ1) is 9.15. The number of halogens is 1. The molecule has 0 aromatic heterocycles. The van der Waals surface area contributed by atoms with E-state index in [1.165, 1.54) is 12.1 Å². The van der Waals surface area contributed by atoms with Crippen LogP contribution in [0, 0.1) is 5.82 Å². The van der Waals surface area contributed by atoms with Crippen LogP contribution in [0.15, 0.2) is 12.1 Å². The number of carboxylic acid groups (broad SMARTS) is 1. The Morgan fingerprint density at radius 1 is 1.43 bits per heavy atom. The summed E-state index contributed by atoms with van der Waals surface area (Å²) in [5, 5.41) is 11.8. The summed E-state index contributed by atoms with van der Waals surface area (Å²) >= 11 is 0. The summed E-state index contributed by atoms with van der Waals surface area (Å²) < 4.78 is 13.2. The maximum Gasteiger partial charge on any atom is 0.338 e. The van der Waals surface area contributed by atoms with E-state index in [0.29, 0.717) is 6.54 Å². The van der Waals surface area contributed by atoms with E-state index in [4.69, 9.17) is 5.11 Å². The van der Waals surface area contributed by atoms with E-state index < -0.39 is 11.8 Å². The third-order valence-electron chi connectivity index (χ3n) is 2.41. The fraction of sp³-hybridized carbons (Fsp3) is 0.300. The van der Waals surface area contributed by atoms with E-state index in [-0.39, 0.29) is 5.56 Å². The van der Waals surface area contributed by atoms with E-state index in [9.17, 15) is 9.18 Å². The molecule has 0 atom stereocenters. The summed E-state index contributed by atoms with van der Waals surface area (Å²) in [6.45, 7) is 1.43. The lowest BCUT2D eigenvalue weighted by molar-refractivity contribution is 0.0691. The first-order valence-electron chi connectivity index (χ1n) is 4.44. The second kappa shape index (κ2) is 3.38. The molecule has 0 aliphatic carbocycles. The highest BCUT2D eigenvalue weighted by Crippen LogP contribution is 2.19. The average Bonchev–Trinajstić information content (AvgIpc) is 2.16. The van der Waals surface area contributed by atoms with E-state index in [0.717, 1.165) is 24.1 Å². The van der Waals surface area contributed by atoms with Gasteiger partial charge in [0.15, 0.2) is 0 Å². The molecule has 0 bridgehead atoms. The summed E-state index contributed by atoms with van der Waals surface area (Å²) in [5.74, 6) is -1.86. The highest BCUT2D eigenvalue weighted by molar-refractivity contribution is 5.88. The van der Waals surface area contributed by atoms with Crippen molar-refractivity contribution >= 4 is 5.97 Å². The Labute approximate surface area is 80.6 Å². The molecule has 74 valence electrons. The van der Waals surface area contributed by atoms with Gasteiger partial charge < -0.3 is 10.4 Å². The van der Waals surface area contributed by atoms with Crippen LogP contribution < -0.4 is 5.32 Å². The molecule has 0 unspecified atom stereocenters. The predicted molar refractivity (Wildman–Crippen MR) is 48.8 cm³/mol. The summed E-state index contributed by atoms with van der Waals surface area (Å²) in [4.78, 5) is 10.7. The van der Waals surface area contributed by atoms with Gasteiger partial charge in [-0.2, -0.15) is 0 Å². The fourth-order valence-electron chi connectivity index (χ4n) is 1.67. The van der Waals surface area contributed by atoms with Gasteiger partial charge in [-0.15, -0.1) is 0 Å². The maximum atomic E-state index is 13.2. The van der Waals surface area contributed by atoms with E-state index >= 15 is 0 Å². The lowest BCUT2D eigenvalue weighted by Gasteiger charge is -2.17. The molecule has 1 heterocycles. The van der Waals surface area contributed by atoms with E-state index in [2.05, 4.69) is 5.32 Å². The Hall–Kier alpha value is -1.42.